The summed E-state index contributed by atoms with van der Waals surface area (Å²) in [6, 6.07) is 7.10. The lowest BCUT2D eigenvalue weighted by Gasteiger charge is -2.27. The largest absolute Gasteiger partial charge is 0.469 e. The lowest BCUT2D eigenvalue weighted by Crippen LogP contribution is -2.50. The highest BCUT2D eigenvalue weighted by atomic mass is 35.5. The molecule has 1 aliphatic rings. The standard InChI is InChI=1S/C15H16ClNO5/c1-9-17-15(13(18)20-2,14(19)21-3)12(22-9)11-7-5-4-6-10(11)8-16/h4-7,12H,8H2,1-3H3. The molecule has 1 aromatic carbocycles. The van der Waals surface area contributed by atoms with Crippen molar-refractivity contribution in [2.75, 3.05) is 14.2 Å². The van der Waals surface area contributed by atoms with Crippen molar-refractivity contribution in [1.29, 1.82) is 0 Å². The molecular weight excluding hydrogens is 310 g/mol. The van der Waals surface area contributed by atoms with Crippen LogP contribution in [0.1, 0.15) is 24.2 Å². The van der Waals surface area contributed by atoms with Gasteiger partial charge in [-0.2, -0.15) is 0 Å². The molecule has 0 saturated carbocycles. The molecule has 0 saturated heterocycles. The molecule has 0 radical (unpaired) electrons. The third-order valence-corrected chi connectivity index (χ3v) is 3.76. The number of esters is 2. The Balaban J connectivity index is 2.63. The molecule has 1 unspecified atom stereocenters. The van der Waals surface area contributed by atoms with Crippen molar-refractivity contribution in [2.24, 2.45) is 4.99 Å². The highest BCUT2D eigenvalue weighted by molar-refractivity contribution is 6.17. The van der Waals surface area contributed by atoms with Crippen LogP contribution in [0.25, 0.3) is 0 Å². The number of hydrogen-bond donors (Lipinski definition) is 0. The lowest BCUT2D eigenvalue weighted by molar-refractivity contribution is -0.165. The van der Waals surface area contributed by atoms with Gasteiger partial charge in [-0.15, -0.1) is 11.6 Å². The number of benzene rings is 1. The summed E-state index contributed by atoms with van der Waals surface area (Å²) in [5, 5.41) is 0. The van der Waals surface area contributed by atoms with E-state index >= 15 is 0 Å². The molecule has 0 N–H and O–H groups in total. The van der Waals surface area contributed by atoms with E-state index in [0.717, 1.165) is 5.56 Å². The third-order valence-electron chi connectivity index (χ3n) is 3.48. The smallest absolute Gasteiger partial charge is 0.350 e. The quantitative estimate of drug-likeness (QED) is 0.481. The van der Waals surface area contributed by atoms with Crippen LogP contribution in [0.2, 0.25) is 0 Å². The number of methoxy groups -OCH3 is 2. The molecule has 1 atom stereocenters. The van der Waals surface area contributed by atoms with E-state index in [1.54, 1.807) is 25.1 Å². The van der Waals surface area contributed by atoms with E-state index in [1.165, 1.54) is 14.2 Å². The monoisotopic (exact) mass is 325 g/mol. The molecule has 0 amide bonds. The average Bonchev–Trinajstić information content (AvgIpc) is 2.91. The average molecular weight is 326 g/mol. The number of ether oxygens (including phenoxy) is 3. The van der Waals surface area contributed by atoms with Crippen molar-refractivity contribution in [3.8, 4) is 0 Å². The fraction of sp³-hybridized carbons (Fsp3) is 0.400. The number of carbonyl (C=O) groups is 2. The van der Waals surface area contributed by atoms with Crippen LogP contribution in [0.3, 0.4) is 0 Å². The molecule has 1 aromatic rings. The van der Waals surface area contributed by atoms with E-state index in [4.69, 9.17) is 25.8 Å². The summed E-state index contributed by atoms with van der Waals surface area (Å²) in [4.78, 5) is 28.7. The summed E-state index contributed by atoms with van der Waals surface area (Å²) in [5.74, 6) is -1.28. The second-order valence-corrected chi connectivity index (χ2v) is 4.98. The van der Waals surface area contributed by atoms with Crippen molar-refractivity contribution in [2.45, 2.75) is 24.4 Å². The van der Waals surface area contributed by atoms with Gasteiger partial charge in [0.05, 0.1) is 14.2 Å². The van der Waals surface area contributed by atoms with Crippen molar-refractivity contribution in [3.05, 3.63) is 35.4 Å². The maximum Gasteiger partial charge on any atom is 0.350 e. The van der Waals surface area contributed by atoms with Crippen LogP contribution in [0.15, 0.2) is 29.3 Å². The van der Waals surface area contributed by atoms with E-state index < -0.39 is 23.6 Å². The zero-order valence-corrected chi connectivity index (χ0v) is 13.2. The highest BCUT2D eigenvalue weighted by Crippen LogP contribution is 2.41. The summed E-state index contributed by atoms with van der Waals surface area (Å²) in [5.41, 5.74) is -0.597. The Labute approximate surface area is 133 Å². The van der Waals surface area contributed by atoms with Crippen molar-refractivity contribution in [3.63, 3.8) is 0 Å². The van der Waals surface area contributed by atoms with Gasteiger partial charge in [0.2, 0.25) is 0 Å². The zero-order valence-electron chi connectivity index (χ0n) is 12.5. The molecule has 118 valence electrons. The molecule has 0 aromatic heterocycles. The molecule has 1 heterocycles. The van der Waals surface area contributed by atoms with Gasteiger partial charge in [-0.25, -0.2) is 14.6 Å². The van der Waals surface area contributed by atoms with Crippen LogP contribution in [-0.4, -0.2) is 37.6 Å². The minimum Gasteiger partial charge on any atom is -0.469 e. The number of rotatable bonds is 4. The first-order valence-electron chi connectivity index (χ1n) is 6.55. The fourth-order valence-electron chi connectivity index (χ4n) is 2.49. The molecule has 0 fully saturated rings. The number of hydrogen-bond acceptors (Lipinski definition) is 6. The van der Waals surface area contributed by atoms with Gasteiger partial charge in [-0.1, -0.05) is 24.3 Å². The Hall–Kier alpha value is -2.08. The van der Waals surface area contributed by atoms with Gasteiger partial charge in [-0.3, -0.25) is 0 Å². The highest BCUT2D eigenvalue weighted by Gasteiger charge is 2.61. The van der Waals surface area contributed by atoms with Crippen LogP contribution in [-0.2, 0) is 29.7 Å². The molecular formula is C15H16ClNO5. The van der Waals surface area contributed by atoms with E-state index in [0.29, 0.717) is 5.56 Å². The van der Waals surface area contributed by atoms with E-state index in [9.17, 15) is 9.59 Å². The molecule has 0 aliphatic carbocycles. The first kappa shape index (κ1) is 16.3. The molecule has 2 rings (SSSR count). The van der Waals surface area contributed by atoms with Gasteiger partial charge < -0.3 is 14.2 Å². The van der Waals surface area contributed by atoms with Crippen molar-refractivity contribution in [1.82, 2.24) is 0 Å². The third kappa shape index (κ3) is 2.43. The van der Waals surface area contributed by atoms with Crippen LogP contribution >= 0.6 is 11.6 Å². The Morgan fingerprint density at radius 3 is 2.41 bits per heavy atom. The zero-order chi connectivity index (χ0) is 16.3. The Kier molecular flexibility index (Phi) is 4.71. The van der Waals surface area contributed by atoms with Gasteiger partial charge in [-0.05, 0) is 5.56 Å². The molecule has 7 heteroatoms. The fourth-order valence-corrected chi connectivity index (χ4v) is 2.73. The normalized spacial score (nSPS) is 19.1. The molecule has 6 nitrogen and oxygen atoms in total. The number of nitrogens with zero attached hydrogens (tertiary/aromatic N) is 1. The molecule has 0 bridgehead atoms. The summed E-state index contributed by atoms with van der Waals surface area (Å²) in [6.07, 6.45) is -0.984. The SMILES string of the molecule is COC(=O)C1(C(=O)OC)N=C(C)OC1c1ccccc1CCl. The van der Waals surface area contributed by atoms with E-state index in [2.05, 4.69) is 4.99 Å². The topological polar surface area (TPSA) is 74.2 Å². The maximum atomic E-state index is 12.3. The van der Waals surface area contributed by atoms with Gasteiger partial charge in [0.15, 0.2) is 12.0 Å². The number of aliphatic imine (C=N–C) groups is 1. The van der Waals surface area contributed by atoms with Gasteiger partial charge >= 0.3 is 11.9 Å². The van der Waals surface area contributed by atoms with Gasteiger partial charge in [0.25, 0.3) is 5.54 Å². The van der Waals surface area contributed by atoms with Crippen molar-refractivity contribution < 1.29 is 23.8 Å². The minimum atomic E-state index is -1.92. The van der Waals surface area contributed by atoms with E-state index in [-0.39, 0.29) is 11.8 Å². The first-order chi connectivity index (χ1) is 10.5. The van der Waals surface area contributed by atoms with Crippen molar-refractivity contribution >= 4 is 29.4 Å². The first-order valence-corrected chi connectivity index (χ1v) is 7.08. The summed E-state index contributed by atoms with van der Waals surface area (Å²) in [7, 11) is 2.36. The number of carbonyl (C=O) groups excluding carboxylic acids is 2. The van der Waals surface area contributed by atoms with Crippen LogP contribution in [0, 0.1) is 0 Å². The Bertz CT molecular complexity index is 612. The molecule has 1 aliphatic heterocycles. The summed E-state index contributed by atoms with van der Waals surface area (Å²) in [6.45, 7) is 1.56. The summed E-state index contributed by atoms with van der Waals surface area (Å²) < 4.78 is 15.2. The van der Waals surface area contributed by atoms with E-state index in [1.807, 2.05) is 6.07 Å². The number of halogens is 1. The number of alkyl halides is 1. The van der Waals surface area contributed by atoms with Crippen LogP contribution in [0.5, 0.6) is 0 Å². The Morgan fingerprint density at radius 2 is 1.86 bits per heavy atom. The van der Waals surface area contributed by atoms with Gasteiger partial charge in [0, 0.05) is 18.4 Å². The predicted molar refractivity (Wildman–Crippen MR) is 79.7 cm³/mol. The van der Waals surface area contributed by atoms with Crippen LogP contribution in [0.4, 0.5) is 0 Å². The summed E-state index contributed by atoms with van der Waals surface area (Å²) >= 11 is 5.94. The predicted octanol–water partition coefficient (Wildman–Crippen LogP) is 2.00. The molecule has 0 spiro atoms. The second kappa shape index (κ2) is 6.36. The Morgan fingerprint density at radius 1 is 1.27 bits per heavy atom. The minimum absolute atomic E-state index is 0.199. The molecule has 22 heavy (non-hydrogen) atoms. The second-order valence-electron chi connectivity index (χ2n) is 4.71. The maximum absolute atomic E-state index is 12.3. The lowest BCUT2D eigenvalue weighted by atomic mass is 9.86. The van der Waals surface area contributed by atoms with Crippen LogP contribution < -0.4 is 0 Å². The van der Waals surface area contributed by atoms with Gasteiger partial charge in [0.1, 0.15) is 0 Å².